The molecule has 40 heavy (non-hydrogen) atoms. The number of benzene rings is 2. The summed E-state index contributed by atoms with van der Waals surface area (Å²) in [7, 11) is 0. The maximum absolute atomic E-state index is 13.8. The van der Waals surface area contributed by atoms with Crippen molar-refractivity contribution in [3.63, 3.8) is 0 Å². The number of rotatable bonds is 7. The second-order valence-corrected chi connectivity index (χ2v) is 13.8. The zero-order valence-electron chi connectivity index (χ0n) is 21.0. The Hall–Kier alpha value is -1.71. The van der Waals surface area contributed by atoms with Gasteiger partial charge < -0.3 is 9.47 Å². The van der Waals surface area contributed by atoms with E-state index in [0.29, 0.717) is 37.3 Å². The van der Waals surface area contributed by atoms with Crippen molar-refractivity contribution in [3.8, 4) is 5.75 Å². The molecule has 2 aromatic carbocycles. The van der Waals surface area contributed by atoms with Gasteiger partial charge in [0.1, 0.15) is 18.4 Å². The summed E-state index contributed by atoms with van der Waals surface area (Å²) in [5.74, 6) is 0.287. The number of fused-ring (bicyclic) bond motifs is 1. The molecule has 1 aliphatic heterocycles. The highest BCUT2D eigenvalue weighted by atomic mass is 127. The molecule has 206 valence electrons. The lowest BCUT2D eigenvalue weighted by Gasteiger charge is -2.23. The lowest BCUT2D eigenvalue weighted by atomic mass is 10.0. The number of hydrogen-bond donors (Lipinski definition) is 0. The van der Waals surface area contributed by atoms with E-state index in [1.54, 1.807) is 30.5 Å². The predicted molar refractivity (Wildman–Crippen MR) is 177 cm³/mol. The highest BCUT2D eigenvalue weighted by molar-refractivity contribution is 14.1. The van der Waals surface area contributed by atoms with E-state index in [1.165, 1.54) is 22.7 Å². The maximum Gasteiger partial charge on any atom is 0.338 e. The molecule has 0 spiro atoms. The van der Waals surface area contributed by atoms with Crippen LogP contribution in [0.5, 0.6) is 5.75 Å². The molecule has 1 aliphatic rings. The SMILES string of the molecule is CCOC(=O)C1=C(C)N=c2s/c(=C\c3cc(I)c(OCc4ccc(Cl)c(Cl)c4)c(I)c3)c(=O)n2C1c1cccs1. The first-order valence-electron chi connectivity index (χ1n) is 12.0. The van der Waals surface area contributed by atoms with Crippen LogP contribution in [0.15, 0.2) is 68.9 Å². The summed E-state index contributed by atoms with van der Waals surface area (Å²) in [6.45, 7) is 4.12. The number of hydrogen-bond acceptors (Lipinski definition) is 7. The average molecular weight is 837 g/mol. The van der Waals surface area contributed by atoms with E-state index in [4.69, 9.17) is 32.7 Å². The van der Waals surface area contributed by atoms with Crippen LogP contribution in [0.4, 0.5) is 0 Å². The third-order valence-electron chi connectivity index (χ3n) is 6.02. The first kappa shape index (κ1) is 29.8. The van der Waals surface area contributed by atoms with Crippen LogP contribution < -0.4 is 19.6 Å². The van der Waals surface area contributed by atoms with Gasteiger partial charge >= 0.3 is 5.97 Å². The lowest BCUT2D eigenvalue weighted by Crippen LogP contribution is -2.39. The van der Waals surface area contributed by atoms with E-state index >= 15 is 0 Å². The molecule has 0 bridgehead atoms. The summed E-state index contributed by atoms with van der Waals surface area (Å²) in [4.78, 5) is 32.8. The first-order chi connectivity index (χ1) is 19.2. The van der Waals surface area contributed by atoms with Crippen LogP contribution in [-0.4, -0.2) is 17.1 Å². The zero-order valence-corrected chi connectivity index (χ0v) is 28.5. The van der Waals surface area contributed by atoms with Crippen LogP contribution in [0.25, 0.3) is 6.08 Å². The molecule has 3 heterocycles. The van der Waals surface area contributed by atoms with Crippen LogP contribution in [0.1, 0.15) is 35.9 Å². The van der Waals surface area contributed by atoms with Gasteiger partial charge in [-0.25, -0.2) is 9.79 Å². The van der Waals surface area contributed by atoms with Crippen molar-refractivity contribution in [3.05, 3.63) is 112 Å². The average Bonchev–Trinajstić information content (AvgIpc) is 3.53. The molecule has 0 saturated carbocycles. The predicted octanol–water partition coefficient (Wildman–Crippen LogP) is 6.95. The van der Waals surface area contributed by atoms with E-state index in [0.717, 1.165) is 28.9 Å². The topological polar surface area (TPSA) is 69.9 Å². The number of allylic oxidation sites excluding steroid dienone is 1. The molecule has 4 aromatic rings. The minimum absolute atomic E-state index is 0.207. The van der Waals surface area contributed by atoms with Gasteiger partial charge in [-0.15, -0.1) is 11.3 Å². The zero-order chi connectivity index (χ0) is 28.6. The van der Waals surface area contributed by atoms with Crippen molar-refractivity contribution in [2.24, 2.45) is 4.99 Å². The minimum Gasteiger partial charge on any atom is -0.487 e. The van der Waals surface area contributed by atoms with Gasteiger partial charge in [-0.1, -0.05) is 46.7 Å². The smallest absolute Gasteiger partial charge is 0.338 e. The molecule has 5 rings (SSSR count). The Kier molecular flexibility index (Phi) is 9.42. The van der Waals surface area contributed by atoms with Gasteiger partial charge in [0, 0.05) is 4.88 Å². The third kappa shape index (κ3) is 6.07. The lowest BCUT2D eigenvalue weighted by molar-refractivity contribution is -0.139. The number of thiazole rings is 1. The van der Waals surface area contributed by atoms with Crippen LogP contribution in [-0.2, 0) is 16.1 Å². The van der Waals surface area contributed by atoms with Crippen molar-refractivity contribution in [1.82, 2.24) is 4.57 Å². The van der Waals surface area contributed by atoms with Gasteiger partial charge in [-0.2, -0.15) is 0 Å². The standard InChI is InChI=1S/C28H20Cl2I2N2O4S2/c1-3-37-27(36)23-14(2)33-28-34(24(23)21-5-4-8-39-21)26(35)22(40-28)12-16-10-19(31)25(20(32)11-16)38-13-15-6-7-17(29)18(30)9-15/h4-12,24H,3,13H2,1-2H3/b22-12-. The molecular formula is C28H20Cl2I2N2O4S2. The maximum atomic E-state index is 13.8. The Balaban J connectivity index is 1.51. The molecule has 12 heteroatoms. The van der Waals surface area contributed by atoms with E-state index in [2.05, 4.69) is 50.2 Å². The Morgan fingerprint density at radius 3 is 2.55 bits per heavy atom. The van der Waals surface area contributed by atoms with Crippen molar-refractivity contribution in [2.75, 3.05) is 6.61 Å². The number of ether oxygens (including phenoxy) is 2. The van der Waals surface area contributed by atoms with E-state index in [-0.39, 0.29) is 12.2 Å². The summed E-state index contributed by atoms with van der Waals surface area (Å²) in [6.07, 6.45) is 1.85. The number of nitrogens with zero attached hydrogens (tertiary/aromatic N) is 2. The van der Waals surface area contributed by atoms with Gasteiger partial charge in [0.25, 0.3) is 5.56 Å². The quantitative estimate of drug-likeness (QED) is 0.149. The van der Waals surface area contributed by atoms with Crippen molar-refractivity contribution >= 4 is 103 Å². The number of aromatic nitrogens is 1. The van der Waals surface area contributed by atoms with Crippen LogP contribution in [0.2, 0.25) is 10.0 Å². The Labute approximate surface area is 275 Å². The Bertz CT molecular complexity index is 1810. The van der Waals surface area contributed by atoms with E-state index in [1.807, 2.05) is 41.8 Å². The molecular weight excluding hydrogens is 817 g/mol. The Morgan fingerprint density at radius 1 is 1.15 bits per heavy atom. The number of carbonyl (C=O) groups is 1. The molecule has 0 aliphatic carbocycles. The van der Waals surface area contributed by atoms with Crippen LogP contribution in [0.3, 0.4) is 0 Å². The monoisotopic (exact) mass is 836 g/mol. The minimum atomic E-state index is -0.588. The van der Waals surface area contributed by atoms with Crippen molar-refractivity contribution < 1.29 is 14.3 Å². The second-order valence-electron chi connectivity index (χ2n) is 8.67. The van der Waals surface area contributed by atoms with E-state index < -0.39 is 12.0 Å². The summed E-state index contributed by atoms with van der Waals surface area (Å²) < 4.78 is 15.4. The summed E-state index contributed by atoms with van der Waals surface area (Å²) in [5.41, 5.74) is 2.49. The fraction of sp³-hybridized carbons (Fsp3) is 0.179. The molecule has 0 fully saturated rings. The van der Waals surface area contributed by atoms with Crippen LogP contribution >= 0.6 is 91.1 Å². The van der Waals surface area contributed by atoms with Gasteiger partial charge in [-0.05, 0) is 112 Å². The summed E-state index contributed by atoms with van der Waals surface area (Å²) in [5, 5.41) is 2.91. The molecule has 2 aromatic heterocycles. The fourth-order valence-corrected chi connectivity index (χ4v) is 8.56. The van der Waals surface area contributed by atoms with Gasteiger partial charge in [0.15, 0.2) is 4.80 Å². The second kappa shape index (κ2) is 12.7. The highest BCUT2D eigenvalue weighted by Gasteiger charge is 2.33. The number of esters is 1. The molecule has 1 atom stereocenters. The largest absolute Gasteiger partial charge is 0.487 e. The van der Waals surface area contributed by atoms with Gasteiger partial charge in [0.2, 0.25) is 0 Å². The number of thiophene rings is 1. The molecule has 0 radical (unpaired) electrons. The van der Waals surface area contributed by atoms with Gasteiger partial charge in [0.05, 0.1) is 39.6 Å². The van der Waals surface area contributed by atoms with E-state index in [9.17, 15) is 9.59 Å². The molecule has 1 unspecified atom stereocenters. The van der Waals surface area contributed by atoms with Gasteiger partial charge in [-0.3, -0.25) is 9.36 Å². The number of halogens is 4. The first-order valence-corrected chi connectivity index (χ1v) is 16.6. The highest BCUT2D eigenvalue weighted by Crippen LogP contribution is 2.34. The summed E-state index contributed by atoms with van der Waals surface area (Å²) >= 11 is 19.4. The van der Waals surface area contributed by atoms with Crippen molar-refractivity contribution in [2.45, 2.75) is 26.5 Å². The molecule has 0 N–H and O–H groups in total. The molecule has 6 nitrogen and oxygen atoms in total. The normalized spacial score (nSPS) is 15.2. The molecule has 0 amide bonds. The Morgan fingerprint density at radius 2 is 1.90 bits per heavy atom. The fourth-order valence-electron chi connectivity index (χ4n) is 4.24. The third-order valence-corrected chi connectivity index (χ3v) is 10.3. The van der Waals surface area contributed by atoms with Crippen molar-refractivity contribution in [1.29, 1.82) is 0 Å². The number of carbonyl (C=O) groups excluding carboxylic acids is 1. The van der Waals surface area contributed by atoms with Crippen LogP contribution in [0, 0.1) is 7.14 Å². The molecule has 0 saturated heterocycles. The summed E-state index contributed by atoms with van der Waals surface area (Å²) in [6, 6.07) is 12.6.